The molecule has 2 aromatic heterocycles. The molecule has 0 radical (unpaired) electrons. The number of fused-ring (bicyclic) bond motifs is 1. The summed E-state index contributed by atoms with van der Waals surface area (Å²) in [5.41, 5.74) is 2.13. The average Bonchev–Trinajstić information content (AvgIpc) is 3.03. The number of benzene rings is 1. The van der Waals surface area contributed by atoms with Crippen molar-refractivity contribution in [1.82, 2.24) is 18.7 Å². The summed E-state index contributed by atoms with van der Waals surface area (Å²) >= 11 is 0. The van der Waals surface area contributed by atoms with Gasteiger partial charge in [-0.15, -0.1) is 0 Å². The molecule has 0 spiro atoms. The fourth-order valence-electron chi connectivity index (χ4n) is 3.03. The molecule has 0 bridgehead atoms. The van der Waals surface area contributed by atoms with E-state index in [9.17, 15) is 14.4 Å². The fourth-order valence-corrected chi connectivity index (χ4v) is 3.03. The number of carbonyl (C=O) groups excluding carboxylic acids is 1. The van der Waals surface area contributed by atoms with Crippen LogP contribution in [0.5, 0.6) is 0 Å². The molecule has 3 aromatic rings. The van der Waals surface area contributed by atoms with Gasteiger partial charge in [-0.05, 0) is 25.3 Å². The normalized spacial score (nSPS) is 11.2. The molecule has 0 fully saturated rings. The van der Waals surface area contributed by atoms with Crippen LogP contribution in [0.3, 0.4) is 0 Å². The SMILES string of the molecule is Cc1ccc(CCCC(=O)Cn2cnc3c2c(=O)n(C)c(=O)n3C)cc1. The average molecular weight is 354 g/mol. The third kappa shape index (κ3) is 3.37. The highest BCUT2D eigenvalue weighted by atomic mass is 16.2. The van der Waals surface area contributed by atoms with E-state index in [2.05, 4.69) is 29.2 Å². The van der Waals surface area contributed by atoms with Gasteiger partial charge >= 0.3 is 5.69 Å². The molecule has 0 aliphatic heterocycles. The zero-order valence-electron chi connectivity index (χ0n) is 15.2. The highest BCUT2D eigenvalue weighted by Crippen LogP contribution is 2.09. The van der Waals surface area contributed by atoms with E-state index in [1.165, 1.54) is 33.6 Å². The lowest BCUT2D eigenvalue weighted by atomic mass is 10.1. The zero-order chi connectivity index (χ0) is 18.8. The first kappa shape index (κ1) is 17.8. The van der Waals surface area contributed by atoms with Crippen molar-refractivity contribution in [1.29, 1.82) is 0 Å². The van der Waals surface area contributed by atoms with Crippen molar-refractivity contribution in [2.75, 3.05) is 0 Å². The summed E-state index contributed by atoms with van der Waals surface area (Å²) in [6.07, 6.45) is 3.47. The van der Waals surface area contributed by atoms with Crippen LogP contribution in [0.1, 0.15) is 24.0 Å². The number of carbonyl (C=O) groups is 1. The number of rotatable bonds is 6. The quantitative estimate of drug-likeness (QED) is 0.669. The van der Waals surface area contributed by atoms with E-state index in [1.54, 1.807) is 7.05 Å². The fraction of sp³-hybridized carbons (Fsp3) is 0.368. The molecule has 0 aliphatic carbocycles. The van der Waals surface area contributed by atoms with Crippen molar-refractivity contribution in [2.45, 2.75) is 32.7 Å². The molecular formula is C19H22N4O3. The van der Waals surface area contributed by atoms with Crippen LogP contribution in [-0.4, -0.2) is 24.5 Å². The maximum absolute atomic E-state index is 12.4. The van der Waals surface area contributed by atoms with E-state index >= 15 is 0 Å². The Kier molecular flexibility index (Phi) is 4.88. The van der Waals surface area contributed by atoms with Crippen molar-refractivity contribution >= 4 is 16.9 Å². The van der Waals surface area contributed by atoms with Gasteiger partial charge in [0.1, 0.15) is 0 Å². The molecule has 0 saturated heterocycles. The van der Waals surface area contributed by atoms with Crippen molar-refractivity contribution in [3.05, 3.63) is 62.6 Å². The van der Waals surface area contributed by atoms with E-state index in [-0.39, 0.29) is 17.8 Å². The number of aromatic nitrogens is 4. The molecule has 0 atom stereocenters. The van der Waals surface area contributed by atoms with E-state index in [1.807, 2.05) is 6.92 Å². The van der Waals surface area contributed by atoms with Gasteiger partial charge in [0.15, 0.2) is 16.9 Å². The van der Waals surface area contributed by atoms with Crippen molar-refractivity contribution in [3.8, 4) is 0 Å². The van der Waals surface area contributed by atoms with Gasteiger partial charge in [-0.2, -0.15) is 0 Å². The third-order valence-electron chi connectivity index (χ3n) is 4.61. The molecule has 0 N–H and O–H groups in total. The molecule has 0 aliphatic rings. The predicted octanol–water partition coefficient (Wildman–Crippen LogP) is 1.33. The minimum Gasteiger partial charge on any atom is -0.317 e. The standard InChI is InChI=1S/C19H22N4O3/c1-13-7-9-14(10-8-13)5-4-6-15(24)11-23-12-20-17-16(23)18(25)22(3)19(26)21(17)2/h7-10,12H,4-6,11H2,1-3H3. The number of aryl methyl sites for hydroxylation is 3. The summed E-state index contributed by atoms with van der Waals surface area (Å²) in [6.45, 7) is 2.13. The Morgan fingerprint density at radius 2 is 1.77 bits per heavy atom. The second-order valence-corrected chi connectivity index (χ2v) is 6.63. The van der Waals surface area contributed by atoms with Crippen molar-refractivity contribution < 1.29 is 4.79 Å². The minimum absolute atomic E-state index is 0.0346. The van der Waals surface area contributed by atoms with Crippen LogP contribution in [0.2, 0.25) is 0 Å². The second-order valence-electron chi connectivity index (χ2n) is 6.63. The topological polar surface area (TPSA) is 78.9 Å². The third-order valence-corrected chi connectivity index (χ3v) is 4.61. The van der Waals surface area contributed by atoms with Crippen LogP contribution in [0.15, 0.2) is 40.2 Å². The Balaban J connectivity index is 1.71. The molecule has 1 aromatic carbocycles. The van der Waals surface area contributed by atoms with E-state index < -0.39 is 11.2 Å². The summed E-state index contributed by atoms with van der Waals surface area (Å²) in [7, 11) is 2.98. The van der Waals surface area contributed by atoms with Gasteiger partial charge in [0.2, 0.25) is 0 Å². The Morgan fingerprint density at radius 3 is 2.46 bits per heavy atom. The molecule has 0 amide bonds. The Labute approximate surface area is 150 Å². The molecule has 0 saturated carbocycles. The smallest absolute Gasteiger partial charge is 0.317 e. The van der Waals surface area contributed by atoms with Gasteiger partial charge in [0.05, 0.1) is 12.9 Å². The van der Waals surface area contributed by atoms with Crippen LogP contribution < -0.4 is 11.2 Å². The zero-order valence-corrected chi connectivity index (χ0v) is 15.2. The largest absolute Gasteiger partial charge is 0.332 e. The molecule has 136 valence electrons. The Hall–Kier alpha value is -2.96. The molecular weight excluding hydrogens is 332 g/mol. The van der Waals surface area contributed by atoms with Gasteiger partial charge < -0.3 is 4.57 Å². The summed E-state index contributed by atoms with van der Waals surface area (Å²) in [5, 5.41) is 0. The number of Topliss-reactive ketones (excluding diaryl/α,β-unsaturated/α-hetero) is 1. The van der Waals surface area contributed by atoms with Crippen LogP contribution in [0.4, 0.5) is 0 Å². The molecule has 3 rings (SSSR count). The first-order valence-corrected chi connectivity index (χ1v) is 8.56. The molecule has 7 heteroatoms. The number of nitrogens with zero attached hydrogens (tertiary/aromatic N) is 4. The highest BCUT2D eigenvalue weighted by molar-refractivity contribution is 5.80. The van der Waals surface area contributed by atoms with Gasteiger partial charge in [-0.25, -0.2) is 9.78 Å². The van der Waals surface area contributed by atoms with Crippen molar-refractivity contribution in [2.24, 2.45) is 14.1 Å². The number of hydrogen-bond acceptors (Lipinski definition) is 4. The van der Waals surface area contributed by atoms with E-state index in [4.69, 9.17) is 0 Å². The number of hydrogen-bond donors (Lipinski definition) is 0. The lowest BCUT2D eigenvalue weighted by molar-refractivity contribution is -0.119. The summed E-state index contributed by atoms with van der Waals surface area (Å²) < 4.78 is 3.88. The van der Waals surface area contributed by atoms with E-state index in [0.717, 1.165) is 17.4 Å². The first-order chi connectivity index (χ1) is 12.4. The Bertz CT molecular complexity index is 1070. The summed E-state index contributed by atoms with van der Waals surface area (Å²) in [4.78, 5) is 40.8. The molecule has 0 unspecified atom stereocenters. The van der Waals surface area contributed by atoms with Crippen LogP contribution in [0, 0.1) is 6.92 Å². The maximum Gasteiger partial charge on any atom is 0.332 e. The summed E-state index contributed by atoms with van der Waals surface area (Å²) in [5.74, 6) is 0.0346. The van der Waals surface area contributed by atoms with Crippen LogP contribution in [-0.2, 0) is 31.9 Å². The van der Waals surface area contributed by atoms with Gasteiger partial charge in [-0.3, -0.25) is 18.7 Å². The van der Waals surface area contributed by atoms with Crippen LogP contribution in [0.25, 0.3) is 11.2 Å². The highest BCUT2D eigenvalue weighted by Gasteiger charge is 2.15. The van der Waals surface area contributed by atoms with Gasteiger partial charge in [-0.1, -0.05) is 29.8 Å². The van der Waals surface area contributed by atoms with Crippen LogP contribution >= 0.6 is 0 Å². The first-order valence-electron chi connectivity index (χ1n) is 8.56. The predicted molar refractivity (Wildman–Crippen MR) is 99.3 cm³/mol. The molecule has 2 heterocycles. The number of ketones is 1. The number of imidazole rings is 1. The Morgan fingerprint density at radius 1 is 1.08 bits per heavy atom. The molecule has 26 heavy (non-hydrogen) atoms. The second kappa shape index (κ2) is 7.11. The maximum atomic E-state index is 12.4. The lowest BCUT2D eigenvalue weighted by Gasteiger charge is -2.06. The van der Waals surface area contributed by atoms with Gasteiger partial charge in [0, 0.05) is 20.5 Å². The monoisotopic (exact) mass is 354 g/mol. The molecule has 7 nitrogen and oxygen atoms in total. The summed E-state index contributed by atoms with van der Waals surface area (Å²) in [6, 6.07) is 8.28. The van der Waals surface area contributed by atoms with Gasteiger partial charge in [0.25, 0.3) is 5.56 Å². The lowest BCUT2D eigenvalue weighted by Crippen LogP contribution is -2.37. The van der Waals surface area contributed by atoms with E-state index in [0.29, 0.717) is 12.1 Å². The van der Waals surface area contributed by atoms with Crippen molar-refractivity contribution in [3.63, 3.8) is 0 Å². The minimum atomic E-state index is -0.437.